The number of anilines is 1. The van der Waals surface area contributed by atoms with Crippen LogP contribution < -0.4 is 15.0 Å². The number of aromatic nitrogens is 1. The summed E-state index contributed by atoms with van der Waals surface area (Å²) in [6.07, 6.45) is 1.38. The van der Waals surface area contributed by atoms with Gasteiger partial charge in [-0.25, -0.2) is 13.8 Å². The first kappa shape index (κ1) is 15.3. The predicted molar refractivity (Wildman–Crippen MR) is 87.4 cm³/mol. The number of fused-ring (bicyclic) bond motifs is 1. The molecule has 2 aromatic rings. The van der Waals surface area contributed by atoms with Crippen molar-refractivity contribution < 1.29 is 13.5 Å². The lowest BCUT2D eigenvalue weighted by Gasteiger charge is -2.29. The van der Waals surface area contributed by atoms with Crippen molar-refractivity contribution in [2.24, 2.45) is 0 Å². The Morgan fingerprint density at radius 3 is 2.58 bits per heavy atom. The molecule has 1 atom stereocenters. The van der Waals surface area contributed by atoms with Crippen LogP contribution in [0.3, 0.4) is 0 Å². The van der Waals surface area contributed by atoms with E-state index in [-0.39, 0.29) is 11.9 Å². The monoisotopic (exact) mass is 331 g/mol. The van der Waals surface area contributed by atoms with Crippen molar-refractivity contribution >= 4 is 5.82 Å². The van der Waals surface area contributed by atoms with Gasteiger partial charge in [0.1, 0.15) is 29.3 Å². The summed E-state index contributed by atoms with van der Waals surface area (Å²) in [6, 6.07) is 7.41. The molecule has 1 aliphatic carbocycles. The molecule has 0 amide bonds. The summed E-state index contributed by atoms with van der Waals surface area (Å²) in [7, 11) is 0. The van der Waals surface area contributed by atoms with E-state index in [1.807, 2.05) is 6.07 Å². The molecule has 2 heterocycles. The highest BCUT2D eigenvalue weighted by Gasteiger charge is 2.27. The lowest BCUT2D eigenvalue weighted by molar-refractivity contribution is 0.201. The molecule has 0 unspecified atom stereocenters. The van der Waals surface area contributed by atoms with Crippen LogP contribution in [0.4, 0.5) is 14.6 Å². The van der Waals surface area contributed by atoms with Gasteiger partial charge in [-0.2, -0.15) is 0 Å². The largest absolute Gasteiger partial charge is 0.484 e. The van der Waals surface area contributed by atoms with Crippen molar-refractivity contribution in [1.29, 1.82) is 0 Å². The molecule has 1 aromatic carbocycles. The Labute approximate surface area is 139 Å². The lowest BCUT2D eigenvalue weighted by atomic mass is 10.2. The highest BCUT2D eigenvalue weighted by atomic mass is 19.1. The van der Waals surface area contributed by atoms with Gasteiger partial charge in [0.15, 0.2) is 0 Å². The zero-order chi connectivity index (χ0) is 16.5. The number of nitrogens with one attached hydrogen (secondary N) is 1. The van der Waals surface area contributed by atoms with Crippen LogP contribution in [-0.4, -0.2) is 31.2 Å². The second-order valence-electron chi connectivity index (χ2n) is 6.20. The van der Waals surface area contributed by atoms with Gasteiger partial charge < -0.3 is 15.0 Å². The first-order valence-electron chi connectivity index (χ1n) is 8.27. The fourth-order valence-corrected chi connectivity index (χ4v) is 3.35. The lowest BCUT2D eigenvalue weighted by Crippen LogP contribution is -2.44. The summed E-state index contributed by atoms with van der Waals surface area (Å²) >= 11 is 0. The number of rotatable bonds is 3. The van der Waals surface area contributed by atoms with Crippen molar-refractivity contribution in [3.8, 4) is 5.75 Å². The number of pyridine rings is 1. The number of piperazine rings is 1. The molecular weight excluding hydrogens is 312 g/mol. The summed E-state index contributed by atoms with van der Waals surface area (Å²) < 4.78 is 32.5. The standard InChI is InChI=1S/C18H19F2N3O/c19-13-9-14(20)11-15(10-13)24-16-3-1-12-2-4-17(22-18(12)16)23-7-5-21-6-8-23/h2,4,9-11,16,21H,1,3,5-8H2/t16-/m1/s1. The van der Waals surface area contributed by atoms with Crippen molar-refractivity contribution in [1.82, 2.24) is 10.3 Å². The van der Waals surface area contributed by atoms with Crippen LogP contribution in [0.2, 0.25) is 0 Å². The number of halogens is 2. The average Bonchev–Trinajstić information content (AvgIpc) is 2.97. The van der Waals surface area contributed by atoms with Crippen LogP contribution in [0.25, 0.3) is 0 Å². The van der Waals surface area contributed by atoms with Gasteiger partial charge in [-0.15, -0.1) is 0 Å². The molecule has 4 rings (SSSR count). The van der Waals surface area contributed by atoms with Crippen LogP contribution in [-0.2, 0) is 6.42 Å². The molecule has 0 bridgehead atoms. The maximum Gasteiger partial charge on any atom is 0.141 e. The van der Waals surface area contributed by atoms with Gasteiger partial charge in [0.05, 0.1) is 5.69 Å². The summed E-state index contributed by atoms with van der Waals surface area (Å²) in [6.45, 7) is 3.74. The smallest absolute Gasteiger partial charge is 0.141 e. The molecule has 1 fully saturated rings. The van der Waals surface area contributed by atoms with Gasteiger partial charge in [-0.1, -0.05) is 6.07 Å². The van der Waals surface area contributed by atoms with Crippen LogP contribution in [0.5, 0.6) is 5.75 Å². The fraction of sp³-hybridized carbons (Fsp3) is 0.389. The molecule has 126 valence electrons. The summed E-state index contributed by atoms with van der Waals surface area (Å²) in [5.74, 6) is -0.118. The van der Waals surface area contributed by atoms with E-state index in [0.717, 1.165) is 62.2 Å². The van der Waals surface area contributed by atoms with E-state index in [2.05, 4.69) is 16.3 Å². The van der Waals surface area contributed by atoms with Gasteiger partial charge in [-0.05, 0) is 24.5 Å². The number of hydrogen-bond donors (Lipinski definition) is 1. The summed E-state index contributed by atoms with van der Waals surface area (Å²) in [5.41, 5.74) is 2.03. The minimum atomic E-state index is -0.634. The van der Waals surface area contributed by atoms with Gasteiger partial charge in [0, 0.05) is 44.4 Å². The SMILES string of the molecule is Fc1cc(F)cc(O[C@@H]2CCc3ccc(N4CCNCC4)nc32)c1. The maximum absolute atomic E-state index is 13.4. The summed E-state index contributed by atoms with van der Waals surface area (Å²) in [5, 5.41) is 3.32. The number of benzene rings is 1. The van der Waals surface area contributed by atoms with Crippen molar-refractivity contribution in [2.75, 3.05) is 31.1 Å². The van der Waals surface area contributed by atoms with E-state index >= 15 is 0 Å². The van der Waals surface area contributed by atoms with Crippen LogP contribution in [0.15, 0.2) is 30.3 Å². The Morgan fingerprint density at radius 2 is 1.83 bits per heavy atom. The van der Waals surface area contributed by atoms with E-state index in [1.165, 1.54) is 12.1 Å². The second kappa shape index (κ2) is 6.36. The fourth-order valence-electron chi connectivity index (χ4n) is 3.35. The van der Waals surface area contributed by atoms with Gasteiger partial charge in [0.2, 0.25) is 0 Å². The zero-order valence-electron chi connectivity index (χ0n) is 13.3. The molecule has 4 nitrogen and oxygen atoms in total. The quantitative estimate of drug-likeness (QED) is 0.938. The molecule has 1 N–H and O–H groups in total. The van der Waals surface area contributed by atoms with E-state index in [1.54, 1.807) is 0 Å². The van der Waals surface area contributed by atoms with Crippen molar-refractivity contribution in [3.05, 3.63) is 53.2 Å². The molecular formula is C18H19F2N3O. The maximum atomic E-state index is 13.4. The van der Waals surface area contributed by atoms with Crippen molar-refractivity contribution in [3.63, 3.8) is 0 Å². The molecule has 1 saturated heterocycles. The Morgan fingerprint density at radius 1 is 1.08 bits per heavy atom. The first-order valence-corrected chi connectivity index (χ1v) is 8.27. The summed E-state index contributed by atoms with van der Waals surface area (Å²) in [4.78, 5) is 7.03. The van der Waals surface area contributed by atoms with E-state index in [0.29, 0.717) is 0 Å². The zero-order valence-corrected chi connectivity index (χ0v) is 13.3. The normalized spacial score (nSPS) is 20.1. The Balaban J connectivity index is 1.58. The minimum absolute atomic E-state index is 0.208. The molecule has 0 spiro atoms. The van der Waals surface area contributed by atoms with Gasteiger partial charge >= 0.3 is 0 Å². The molecule has 0 radical (unpaired) electrons. The molecule has 6 heteroatoms. The predicted octanol–water partition coefficient (Wildman–Crippen LogP) is 2.84. The van der Waals surface area contributed by atoms with Gasteiger partial charge in [-0.3, -0.25) is 0 Å². The topological polar surface area (TPSA) is 37.4 Å². The van der Waals surface area contributed by atoms with Gasteiger partial charge in [0.25, 0.3) is 0 Å². The van der Waals surface area contributed by atoms with Crippen LogP contribution >= 0.6 is 0 Å². The van der Waals surface area contributed by atoms with Crippen LogP contribution in [0, 0.1) is 11.6 Å². The van der Waals surface area contributed by atoms with E-state index in [4.69, 9.17) is 9.72 Å². The minimum Gasteiger partial charge on any atom is -0.484 e. The molecule has 2 aliphatic rings. The molecule has 1 aromatic heterocycles. The average molecular weight is 331 g/mol. The van der Waals surface area contributed by atoms with Crippen molar-refractivity contribution in [2.45, 2.75) is 18.9 Å². The highest BCUT2D eigenvalue weighted by molar-refractivity contribution is 5.44. The first-order chi connectivity index (χ1) is 11.7. The molecule has 24 heavy (non-hydrogen) atoms. The highest BCUT2D eigenvalue weighted by Crippen LogP contribution is 2.35. The number of nitrogens with zero attached hydrogens (tertiary/aromatic N) is 2. The number of aryl methyl sites for hydroxylation is 1. The third kappa shape index (κ3) is 3.06. The molecule has 0 saturated carbocycles. The Bertz CT molecular complexity index is 727. The molecule has 1 aliphatic heterocycles. The number of ether oxygens (including phenoxy) is 1. The van der Waals surface area contributed by atoms with E-state index in [9.17, 15) is 8.78 Å². The van der Waals surface area contributed by atoms with Crippen LogP contribution in [0.1, 0.15) is 23.8 Å². The third-order valence-corrected chi connectivity index (χ3v) is 4.53. The Kier molecular flexibility index (Phi) is 4.06. The third-order valence-electron chi connectivity index (χ3n) is 4.53. The Hall–Kier alpha value is -2.21. The van der Waals surface area contributed by atoms with E-state index < -0.39 is 11.6 Å². The number of hydrogen-bond acceptors (Lipinski definition) is 4. The second-order valence-corrected chi connectivity index (χ2v) is 6.20.